The third kappa shape index (κ3) is 7.31. The summed E-state index contributed by atoms with van der Waals surface area (Å²) in [6.45, 7) is 1.53. The molecule has 0 aliphatic carbocycles. The first kappa shape index (κ1) is 21.1. The van der Waals surface area contributed by atoms with E-state index >= 15 is 0 Å². The summed E-state index contributed by atoms with van der Waals surface area (Å²) in [5.41, 5.74) is 0.548. The second kappa shape index (κ2) is 10.1. The van der Waals surface area contributed by atoms with Crippen LogP contribution >= 0.6 is 0 Å². The van der Waals surface area contributed by atoms with Crippen LogP contribution in [0.1, 0.15) is 16.8 Å². The number of aliphatic carboxylic acids is 2. The number of hydrogen-bond donors (Lipinski definition) is 2. The van der Waals surface area contributed by atoms with Crippen molar-refractivity contribution in [1.29, 1.82) is 0 Å². The first-order chi connectivity index (χ1) is 12.2. The van der Waals surface area contributed by atoms with Gasteiger partial charge in [0.15, 0.2) is 0 Å². The fraction of sp³-hybridized carbons (Fsp3) is 0.412. The molecule has 1 aliphatic rings. The van der Waals surface area contributed by atoms with Crippen LogP contribution in [0.15, 0.2) is 30.5 Å². The first-order valence-electron chi connectivity index (χ1n) is 7.86. The summed E-state index contributed by atoms with van der Waals surface area (Å²) in [5, 5.41) is 15.6. The standard InChI is InChI=1S/C13H19N3O2.C4H4O4/c1-15(2)8-6-10-9-16(3)13(17)11-5-4-7-14-12(11)18-10;5-3(6)1-2-4(7)8/h4-5,7,10H,6,8-9H2,1-3H3;1-2H,(H,5,6)(H,7,8)/b;2-1+. The second-order valence-corrected chi connectivity index (χ2v) is 5.88. The van der Waals surface area contributed by atoms with Crippen molar-refractivity contribution in [2.45, 2.75) is 12.5 Å². The molecule has 0 aromatic carbocycles. The number of rotatable bonds is 5. The van der Waals surface area contributed by atoms with E-state index in [0.717, 1.165) is 13.0 Å². The number of amides is 1. The average Bonchev–Trinajstić information content (AvgIpc) is 2.69. The van der Waals surface area contributed by atoms with Gasteiger partial charge in [-0.1, -0.05) is 0 Å². The number of likely N-dealkylation sites (N-methyl/N-ethyl adjacent to an activating group) is 1. The molecule has 142 valence electrons. The van der Waals surface area contributed by atoms with E-state index in [2.05, 4.69) is 9.88 Å². The van der Waals surface area contributed by atoms with Crippen molar-refractivity contribution in [3.05, 3.63) is 36.0 Å². The quantitative estimate of drug-likeness (QED) is 0.727. The highest BCUT2D eigenvalue weighted by molar-refractivity contribution is 5.96. The fourth-order valence-electron chi connectivity index (χ4n) is 2.13. The summed E-state index contributed by atoms with van der Waals surface area (Å²) in [6, 6.07) is 3.52. The Kier molecular flexibility index (Phi) is 8.23. The number of ether oxygens (including phenoxy) is 1. The number of carboxylic acid groups (broad SMARTS) is 2. The van der Waals surface area contributed by atoms with E-state index in [-0.39, 0.29) is 12.0 Å². The van der Waals surface area contributed by atoms with Crippen LogP contribution < -0.4 is 4.74 Å². The molecule has 0 spiro atoms. The van der Waals surface area contributed by atoms with Gasteiger partial charge in [-0.3, -0.25) is 4.79 Å². The summed E-state index contributed by atoms with van der Waals surface area (Å²) < 4.78 is 5.85. The van der Waals surface area contributed by atoms with E-state index in [1.165, 1.54) is 0 Å². The van der Waals surface area contributed by atoms with Crippen LogP contribution in [-0.2, 0) is 9.59 Å². The number of carbonyl (C=O) groups is 3. The third-order valence-corrected chi connectivity index (χ3v) is 3.37. The van der Waals surface area contributed by atoms with E-state index in [9.17, 15) is 14.4 Å². The van der Waals surface area contributed by atoms with Crippen LogP contribution in [0.5, 0.6) is 5.88 Å². The summed E-state index contributed by atoms with van der Waals surface area (Å²) >= 11 is 0. The minimum Gasteiger partial charge on any atom is -0.478 e. The largest absolute Gasteiger partial charge is 0.478 e. The maximum atomic E-state index is 12.1. The lowest BCUT2D eigenvalue weighted by molar-refractivity contribution is -0.134. The minimum absolute atomic E-state index is 0.00231. The molecule has 1 amide bonds. The molecular formula is C17H23N3O6. The predicted molar refractivity (Wildman–Crippen MR) is 93.2 cm³/mol. The summed E-state index contributed by atoms with van der Waals surface area (Å²) in [7, 11) is 5.85. The highest BCUT2D eigenvalue weighted by Gasteiger charge is 2.27. The third-order valence-electron chi connectivity index (χ3n) is 3.37. The maximum absolute atomic E-state index is 12.1. The molecule has 9 nitrogen and oxygen atoms in total. The van der Waals surface area contributed by atoms with Crippen molar-refractivity contribution >= 4 is 17.8 Å². The van der Waals surface area contributed by atoms with E-state index in [4.69, 9.17) is 14.9 Å². The van der Waals surface area contributed by atoms with E-state index in [1.54, 1.807) is 30.3 Å². The van der Waals surface area contributed by atoms with Crippen molar-refractivity contribution < 1.29 is 29.3 Å². The lowest BCUT2D eigenvalue weighted by Gasteiger charge is -2.21. The maximum Gasteiger partial charge on any atom is 0.328 e. The Balaban J connectivity index is 0.000000359. The van der Waals surface area contributed by atoms with Gasteiger partial charge in [0.2, 0.25) is 5.88 Å². The van der Waals surface area contributed by atoms with Crippen molar-refractivity contribution in [3.63, 3.8) is 0 Å². The molecule has 2 N–H and O–H groups in total. The predicted octanol–water partition coefficient (Wildman–Crippen LogP) is 0.578. The average molecular weight is 365 g/mol. The van der Waals surface area contributed by atoms with Crippen LogP contribution in [0.3, 0.4) is 0 Å². The molecule has 1 aliphatic heterocycles. The zero-order chi connectivity index (χ0) is 19.7. The molecular weight excluding hydrogens is 342 g/mol. The van der Waals surface area contributed by atoms with Gasteiger partial charge in [-0.25, -0.2) is 14.6 Å². The van der Waals surface area contributed by atoms with Crippen molar-refractivity contribution in [1.82, 2.24) is 14.8 Å². The number of carbonyl (C=O) groups excluding carboxylic acids is 1. The number of nitrogens with zero attached hydrogens (tertiary/aromatic N) is 3. The van der Waals surface area contributed by atoms with Gasteiger partial charge in [0.25, 0.3) is 5.91 Å². The highest BCUT2D eigenvalue weighted by Crippen LogP contribution is 2.22. The van der Waals surface area contributed by atoms with Crippen molar-refractivity contribution in [2.75, 3.05) is 34.2 Å². The summed E-state index contributed by atoms with van der Waals surface area (Å²) in [5.74, 6) is -2.08. The molecule has 0 fully saturated rings. The smallest absolute Gasteiger partial charge is 0.328 e. The van der Waals surface area contributed by atoms with Crippen LogP contribution in [-0.4, -0.2) is 83.2 Å². The first-order valence-corrected chi connectivity index (χ1v) is 7.86. The van der Waals surface area contributed by atoms with Gasteiger partial charge in [-0.05, 0) is 32.6 Å². The lowest BCUT2D eigenvalue weighted by Crippen LogP contribution is -2.35. The molecule has 0 saturated heterocycles. The summed E-state index contributed by atoms with van der Waals surface area (Å²) in [4.78, 5) is 39.2. The van der Waals surface area contributed by atoms with E-state index in [1.807, 2.05) is 14.1 Å². The van der Waals surface area contributed by atoms with Gasteiger partial charge < -0.3 is 24.7 Å². The molecule has 2 heterocycles. The Morgan fingerprint density at radius 1 is 1.35 bits per heavy atom. The Morgan fingerprint density at radius 3 is 2.50 bits per heavy atom. The highest BCUT2D eigenvalue weighted by atomic mass is 16.5. The molecule has 0 bridgehead atoms. The van der Waals surface area contributed by atoms with Crippen LogP contribution in [0.2, 0.25) is 0 Å². The second-order valence-electron chi connectivity index (χ2n) is 5.88. The van der Waals surface area contributed by atoms with Crippen molar-refractivity contribution in [2.24, 2.45) is 0 Å². The number of fused-ring (bicyclic) bond motifs is 1. The molecule has 1 unspecified atom stereocenters. The molecule has 1 aromatic rings. The molecule has 26 heavy (non-hydrogen) atoms. The summed E-state index contributed by atoms with van der Waals surface area (Å²) in [6.07, 6.45) is 3.64. The number of hydrogen-bond acceptors (Lipinski definition) is 6. The number of carboxylic acids is 2. The molecule has 0 radical (unpaired) electrons. The molecule has 1 aromatic heterocycles. The van der Waals surface area contributed by atoms with Crippen LogP contribution in [0.4, 0.5) is 0 Å². The van der Waals surface area contributed by atoms with E-state index in [0.29, 0.717) is 30.1 Å². The molecule has 2 rings (SSSR count). The van der Waals surface area contributed by atoms with Crippen LogP contribution in [0, 0.1) is 0 Å². The zero-order valence-electron chi connectivity index (χ0n) is 15.0. The Morgan fingerprint density at radius 2 is 1.96 bits per heavy atom. The fourth-order valence-corrected chi connectivity index (χ4v) is 2.13. The van der Waals surface area contributed by atoms with Gasteiger partial charge >= 0.3 is 11.9 Å². The van der Waals surface area contributed by atoms with E-state index < -0.39 is 11.9 Å². The van der Waals surface area contributed by atoms with Gasteiger partial charge in [0.05, 0.1) is 6.54 Å². The normalized spacial score (nSPS) is 16.4. The lowest BCUT2D eigenvalue weighted by atomic mass is 10.2. The topological polar surface area (TPSA) is 120 Å². The molecule has 9 heteroatoms. The molecule has 1 atom stereocenters. The van der Waals surface area contributed by atoms with Gasteiger partial charge in [-0.15, -0.1) is 0 Å². The zero-order valence-corrected chi connectivity index (χ0v) is 15.0. The number of aromatic nitrogens is 1. The van der Waals surface area contributed by atoms with Crippen molar-refractivity contribution in [3.8, 4) is 5.88 Å². The Labute approximate surface area is 151 Å². The van der Waals surface area contributed by atoms with Gasteiger partial charge in [-0.2, -0.15) is 0 Å². The SMILES string of the molecule is CN(C)CCC1CN(C)C(=O)c2cccnc2O1.O=C(O)/C=C/C(=O)O. The Bertz CT molecular complexity index is 658. The molecule has 0 saturated carbocycles. The van der Waals surface area contributed by atoms with Gasteiger partial charge in [0, 0.05) is 31.9 Å². The minimum atomic E-state index is -1.26. The number of pyridine rings is 1. The van der Waals surface area contributed by atoms with Gasteiger partial charge in [0.1, 0.15) is 11.7 Å². The Hall–Kier alpha value is -2.94. The van der Waals surface area contributed by atoms with Crippen LogP contribution in [0.25, 0.3) is 0 Å². The monoisotopic (exact) mass is 365 g/mol.